The van der Waals surface area contributed by atoms with Crippen LogP contribution in [0.3, 0.4) is 0 Å². The zero-order valence-electron chi connectivity index (χ0n) is 15.9. The molecule has 0 saturated carbocycles. The van der Waals surface area contributed by atoms with Crippen molar-refractivity contribution >= 4 is 22.4 Å². The van der Waals surface area contributed by atoms with Gasteiger partial charge in [-0.1, -0.05) is 25.1 Å². The molecule has 1 fully saturated rings. The molecule has 0 N–H and O–H groups in total. The van der Waals surface area contributed by atoms with E-state index in [9.17, 15) is 0 Å². The molecule has 1 aromatic heterocycles. The molecule has 134 valence electrons. The molecule has 4 nitrogen and oxygen atoms in total. The lowest BCUT2D eigenvalue weighted by Crippen LogP contribution is -2.47. The molecule has 2 heterocycles. The zero-order valence-corrected chi connectivity index (χ0v) is 15.9. The zero-order chi connectivity index (χ0) is 18.1. The first kappa shape index (κ1) is 16.8. The average Bonchev–Trinajstić information content (AvgIpc) is 2.69. The predicted octanol–water partition coefficient (Wildman–Crippen LogP) is 4.14. The van der Waals surface area contributed by atoms with Gasteiger partial charge in [0.15, 0.2) is 0 Å². The lowest BCUT2D eigenvalue weighted by molar-refractivity contribution is 0.647. The quantitative estimate of drug-likeness (QED) is 0.714. The fourth-order valence-electron chi connectivity index (χ4n) is 3.80. The summed E-state index contributed by atoms with van der Waals surface area (Å²) >= 11 is 0. The Hall–Kier alpha value is -2.62. The summed E-state index contributed by atoms with van der Waals surface area (Å²) in [5, 5.41) is 1.17. The van der Waals surface area contributed by atoms with Crippen molar-refractivity contribution in [2.45, 2.75) is 27.2 Å². The van der Waals surface area contributed by atoms with Crippen molar-refractivity contribution in [2.75, 3.05) is 36.0 Å². The molecule has 2 aromatic carbocycles. The van der Waals surface area contributed by atoms with Crippen LogP contribution in [-0.4, -0.2) is 36.1 Å². The second-order valence-electron chi connectivity index (χ2n) is 7.10. The second-order valence-corrected chi connectivity index (χ2v) is 7.10. The fraction of sp³-hybridized carbons (Fsp3) is 0.364. The van der Waals surface area contributed by atoms with E-state index < -0.39 is 0 Å². The first-order valence-corrected chi connectivity index (χ1v) is 9.47. The molecule has 4 heteroatoms. The average molecular weight is 346 g/mol. The van der Waals surface area contributed by atoms with E-state index in [-0.39, 0.29) is 0 Å². The number of fused-ring (bicyclic) bond motifs is 1. The van der Waals surface area contributed by atoms with Gasteiger partial charge in [-0.05, 0) is 55.2 Å². The SMILES string of the molecule is CCc1ccc2ncnc(N3CCN(c4cccc(C)c4C)CC3)c2c1. The summed E-state index contributed by atoms with van der Waals surface area (Å²) in [6, 6.07) is 13.1. The first-order chi connectivity index (χ1) is 12.7. The van der Waals surface area contributed by atoms with E-state index in [0.717, 1.165) is 43.9 Å². The minimum atomic E-state index is 0.982. The summed E-state index contributed by atoms with van der Waals surface area (Å²) < 4.78 is 0. The molecule has 0 aliphatic carbocycles. The van der Waals surface area contributed by atoms with E-state index in [1.165, 1.54) is 27.8 Å². The van der Waals surface area contributed by atoms with Crippen molar-refractivity contribution in [3.05, 3.63) is 59.4 Å². The highest BCUT2D eigenvalue weighted by atomic mass is 15.3. The van der Waals surface area contributed by atoms with E-state index in [4.69, 9.17) is 0 Å². The van der Waals surface area contributed by atoms with Gasteiger partial charge in [-0.2, -0.15) is 0 Å². The summed E-state index contributed by atoms with van der Waals surface area (Å²) in [6.45, 7) is 10.6. The van der Waals surface area contributed by atoms with Crippen LogP contribution in [0.5, 0.6) is 0 Å². The lowest BCUT2D eigenvalue weighted by atomic mass is 10.1. The number of nitrogens with zero attached hydrogens (tertiary/aromatic N) is 4. The maximum Gasteiger partial charge on any atom is 0.140 e. The Morgan fingerprint density at radius 1 is 0.923 bits per heavy atom. The van der Waals surface area contributed by atoms with Crippen LogP contribution in [0.1, 0.15) is 23.6 Å². The van der Waals surface area contributed by atoms with Gasteiger partial charge in [0.2, 0.25) is 0 Å². The van der Waals surface area contributed by atoms with Crippen LogP contribution in [0.2, 0.25) is 0 Å². The molecular formula is C22H26N4. The summed E-state index contributed by atoms with van der Waals surface area (Å²) in [5.74, 6) is 1.07. The predicted molar refractivity (Wildman–Crippen MR) is 109 cm³/mol. The van der Waals surface area contributed by atoms with Gasteiger partial charge >= 0.3 is 0 Å². The highest BCUT2D eigenvalue weighted by Gasteiger charge is 2.21. The smallest absolute Gasteiger partial charge is 0.140 e. The van der Waals surface area contributed by atoms with Crippen LogP contribution < -0.4 is 9.80 Å². The Balaban J connectivity index is 1.58. The van der Waals surface area contributed by atoms with Crippen LogP contribution in [0.15, 0.2) is 42.7 Å². The number of hydrogen-bond donors (Lipinski definition) is 0. The number of hydrogen-bond acceptors (Lipinski definition) is 4. The maximum absolute atomic E-state index is 4.63. The van der Waals surface area contributed by atoms with Gasteiger partial charge in [0.1, 0.15) is 12.1 Å². The van der Waals surface area contributed by atoms with Gasteiger partial charge in [0.05, 0.1) is 5.52 Å². The topological polar surface area (TPSA) is 32.3 Å². The molecule has 0 atom stereocenters. The molecule has 1 aliphatic rings. The van der Waals surface area contributed by atoms with Gasteiger partial charge in [0, 0.05) is 37.3 Å². The molecule has 0 radical (unpaired) electrons. The molecule has 1 aliphatic heterocycles. The Labute approximate surface area is 155 Å². The van der Waals surface area contributed by atoms with E-state index in [1.807, 2.05) is 0 Å². The van der Waals surface area contributed by atoms with Crippen LogP contribution in [-0.2, 0) is 6.42 Å². The van der Waals surface area contributed by atoms with Crippen molar-refractivity contribution in [3.8, 4) is 0 Å². The Morgan fingerprint density at radius 3 is 2.46 bits per heavy atom. The number of piperazine rings is 1. The molecule has 0 bridgehead atoms. The number of rotatable bonds is 3. The molecule has 0 unspecified atom stereocenters. The third kappa shape index (κ3) is 3.00. The number of aromatic nitrogens is 2. The summed E-state index contributed by atoms with van der Waals surface area (Å²) in [7, 11) is 0. The van der Waals surface area contributed by atoms with Crippen molar-refractivity contribution in [1.82, 2.24) is 9.97 Å². The Kier molecular flexibility index (Phi) is 4.49. The molecule has 3 aromatic rings. The molecule has 0 amide bonds. The molecular weight excluding hydrogens is 320 g/mol. The van der Waals surface area contributed by atoms with E-state index >= 15 is 0 Å². The van der Waals surface area contributed by atoms with Crippen molar-refractivity contribution in [3.63, 3.8) is 0 Å². The minimum absolute atomic E-state index is 0.982. The van der Waals surface area contributed by atoms with Crippen LogP contribution in [0.4, 0.5) is 11.5 Å². The lowest BCUT2D eigenvalue weighted by Gasteiger charge is -2.38. The van der Waals surface area contributed by atoms with Crippen LogP contribution in [0.25, 0.3) is 10.9 Å². The number of aryl methyl sites for hydroxylation is 2. The van der Waals surface area contributed by atoms with E-state index in [2.05, 4.69) is 76.9 Å². The third-order valence-electron chi connectivity index (χ3n) is 5.58. The normalized spacial score (nSPS) is 14.9. The number of benzene rings is 2. The Bertz CT molecular complexity index is 927. The molecule has 0 spiro atoms. The first-order valence-electron chi connectivity index (χ1n) is 9.47. The maximum atomic E-state index is 4.63. The fourth-order valence-corrected chi connectivity index (χ4v) is 3.80. The third-order valence-corrected chi connectivity index (χ3v) is 5.58. The van der Waals surface area contributed by atoms with Crippen molar-refractivity contribution in [2.24, 2.45) is 0 Å². The summed E-state index contributed by atoms with van der Waals surface area (Å²) in [6.07, 6.45) is 2.73. The van der Waals surface area contributed by atoms with Crippen LogP contribution >= 0.6 is 0 Å². The van der Waals surface area contributed by atoms with Gasteiger partial charge < -0.3 is 9.80 Å². The number of anilines is 2. The molecule has 26 heavy (non-hydrogen) atoms. The largest absolute Gasteiger partial charge is 0.368 e. The minimum Gasteiger partial charge on any atom is -0.368 e. The van der Waals surface area contributed by atoms with E-state index in [0.29, 0.717) is 0 Å². The molecule has 4 rings (SSSR count). The summed E-state index contributed by atoms with van der Waals surface area (Å²) in [5.41, 5.74) is 6.48. The summed E-state index contributed by atoms with van der Waals surface area (Å²) in [4.78, 5) is 14.0. The Morgan fingerprint density at radius 2 is 1.69 bits per heavy atom. The molecule has 1 saturated heterocycles. The highest BCUT2D eigenvalue weighted by molar-refractivity contribution is 5.90. The second kappa shape index (κ2) is 6.94. The van der Waals surface area contributed by atoms with Gasteiger partial charge in [-0.15, -0.1) is 0 Å². The van der Waals surface area contributed by atoms with Gasteiger partial charge in [-0.3, -0.25) is 0 Å². The van der Waals surface area contributed by atoms with Crippen molar-refractivity contribution in [1.29, 1.82) is 0 Å². The van der Waals surface area contributed by atoms with Gasteiger partial charge in [0.25, 0.3) is 0 Å². The van der Waals surface area contributed by atoms with E-state index in [1.54, 1.807) is 6.33 Å². The van der Waals surface area contributed by atoms with Crippen molar-refractivity contribution < 1.29 is 0 Å². The monoisotopic (exact) mass is 346 g/mol. The highest BCUT2D eigenvalue weighted by Crippen LogP contribution is 2.28. The standard InChI is InChI=1S/C22H26N4/c1-4-18-8-9-20-19(14-18)22(24-15-23-20)26-12-10-25(11-13-26)21-7-5-6-16(2)17(21)3/h5-9,14-15H,4,10-13H2,1-3H3. The van der Waals surface area contributed by atoms with Crippen LogP contribution in [0, 0.1) is 13.8 Å². The van der Waals surface area contributed by atoms with Gasteiger partial charge in [-0.25, -0.2) is 9.97 Å².